The van der Waals surface area contributed by atoms with E-state index >= 15 is 0 Å². The van der Waals surface area contributed by atoms with E-state index in [4.69, 9.17) is 10.5 Å². The van der Waals surface area contributed by atoms with Crippen molar-refractivity contribution in [1.82, 2.24) is 14.8 Å². The predicted molar refractivity (Wildman–Crippen MR) is 99.8 cm³/mol. The fourth-order valence-electron chi connectivity index (χ4n) is 2.25. The first kappa shape index (κ1) is 18.4. The number of primary amides is 1. The number of halogens is 1. The first-order valence-corrected chi connectivity index (χ1v) is 9.77. The molecule has 0 spiro atoms. The summed E-state index contributed by atoms with van der Waals surface area (Å²) in [6.45, 7) is 0.731. The summed E-state index contributed by atoms with van der Waals surface area (Å²) in [6.07, 6.45) is 0.204. The number of ether oxygens (including phenoxy) is 1. The molecule has 2 heterocycles. The van der Waals surface area contributed by atoms with Gasteiger partial charge in [0.05, 0.1) is 11.5 Å². The Bertz CT molecular complexity index is 868. The van der Waals surface area contributed by atoms with Crippen LogP contribution in [0.25, 0.3) is 10.7 Å². The normalized spacial score (nSPS) is 10.8. The Balaban J connectivity index is 1.65. The third-order valence-electron chi connectivity index (χ3n) is 3.45. The molecule has 2 aromatic heterocycles. The second-order valence-corrected chi connectivity index (χ2v) is 7.29. The number of rotatable bonds is 9. The fourth-order valence-corrected chi connectivity index (χ4v) is 3.75. The van der Waals surface area contributed by atoms with E-state index in [-0.39, 0.29) is 23.9 Å². The molecule has 0 fully saturated rings. The maximum atomic E-state index is 13.5. The van der Waals surface area contributed by atoms with Crippen LogP contribution in [0, 0.1) is 5.82 Å². The Kier molecular flexibility index (Phi) is 6.24. The molecule has 1 aromatic carbocycles. The smallest absolute Gasteiger partial charge is 0.219 e. The van der Waals surface area contributed by atoms with E-state index < -0.39 is 0 Å². The van der Waals surface area contributed by atoms with Gasteiger partial charge in [0.2, 0.25) is 5.91 Å². The molecule has 0 saturated carbocycles. The van der Waals surface area contributed by atoms with Crippen LogP contribution in [0.15, 0.2) is 46.9 Å². The number of thiophene rings is 1. The van der Waals surface area contributed by atoms with Crippen LogP contribution in [0.5, 0.6) is 5.75 Å². The summed E-state index contributed by atoms with van der Waals surface area (Å²) in [5.41, 5.74) is 5.28. The highest BCUT2D eigenvalue weighted by Gasteiger charge is 2.15. The lowest BCUT2D eigenvalue weighted by atomic mass is 10.3. The lowest BCUT2D eigenvalue weighted by Crippen LogP contribution is -2.15. The summed E-state index contributed by atoms with van der Waals surface area (Å²) in [5.74, 6) is 0.728. The Hall–Kier alpha value is -2.39. The second-order valence-electron chi connectivity index (χ2n) is 5.28. The zero-order valence-corrected chi connectivity index (χ0v) is 15.4. The monoisotopic (exact) mass is 392 g/mol. The van der Waals surface area contributed by atoms with E-state index in [2.05, 4.69) is 10.2 Å². The Morgan fingerprint density at radius 3 is 2.85 bits per heavy atom. The van der Waals surface area contributed by atoms with Crippen molar-refractivity contribution in [3.8, 4) is 16.5 Å². The van der Waals surface area contributed by atoms with Gasteiger partial charge >= 0.3 is 0 Å². The Morgan fingerprint density at radius 2 is 2.12 bits per heavy atom. The highest BCUT2D eigenvalue weighted by molar-refractivity contribution is 7.99. The lowest BCUT2D eigenvalue weighted by Gasteiger charge is -2.09. The minimum atomic E-state index is -0.387. The number of hydrogen-bond acceptors (Lipinski definition) is 6. The van der Waals surface area contributed by atoms with E-state index in [1.54, 1.807) is 29.5 Å². The average molecular weight is 392 g/mol. The number of nitrogens with two attached hydrogens (primary N) is 1. The number of amides is 1. The maximum absolute atomic E-state index is 13.5. The third-order valence-corrected chi connectivity index (χ3v) is 5.25. The van der Waals surface area contributed by atoms with Gasteiger partial charge < -0.3 is 15.0 Å². The van der Waals surface area contributed by atoms with Crippen molar-refractivity contribution >= 4 is 29.0 Å². The van der Waals surface area contributed by atoms with Gasteiger partial charge in [-0.25, -0.2) is 4.39 Å². The summed E-state index contributed by atoms with van der Waals surface area (Å²) < 4.78 is 20.9. The number of carbonyl (C=O) groups is 1. The number of thioether (sulfide) groups is 1. The third kappa shape index (κ3) is 4.61. The summed E-state index contributed by atoms with van der Waals surface area (Å²) >= 11 is 2.99. The van der Waals surface area contributed by atoms with Gasteiger partial charge in [-0.05, 0) is 23.6 Å². The van der Waals surface area contributed by atoms with Crippen LogP contribution >= 0.6 is 23.1 Å². The van der Waals surface area contributed by atoms with Crippen LogP contribution in [0.4, 0.5) is 4.39 Å². The molecule has 2 N–H and O–H groups in total. The molecule has 136 valence electrons. The molecule has 3 aromatic rings. The predicted octanol–water partition coefficient (Wildman–Crippen LogP) is 3.19. The molecule has 1 amide bonds. The zero-order valence-electron chi connectivity index (χ0n) is 13.8. The molecule has 0 aliphatic rings. The van der Waals surface area contributed by atoms with Gasteiger partial charge in [0, 0.05) is 18.7 Å². The van der Waals surface area contributed by atoms with Gasteiger partial charge in [-0.1, -0.05) is 30.0 Å². The van der Waals surface area contributed by atoms with Gasteiger partial charge in [-0.15, -0.1) is 21.5 Å². The van der Waals surface area contributed by atoms with Gasteiger partial charge in [-0.3, -0.25) is 4.79 Å². The number of aromatic nitrogens is 3. The van der Waals surface area contributed by atoms with E-state index in [0.717, 1.165) is 4.88 Å². The minimum Gasteiger partial charge on any atom is -0.490 e. The van der Waals surface area contributed by atoms with Crippen molar-refractivity contribution in [1.29, 1.82) is 0 Å². The van der Waals surface area contributed by atoms with Crippen molar-refractivity contribution < 1.29 is 13.9 Å². The Labute approximate surface area is 158 Å². The quantitative estimate of drug-likeness (QED) is 0.447. The fraction of sp³-hybridized carbons (Fsp3) is 0.235. The van der Waals surface area contributed by atoms with Crippen LogP contribution in [0.3, 0.4) is 0 Å². The molecule has 0 aliphatic carbocycles. The number of benzene rings is 1. The molecule has 26 heavy (non-hydrogen) atoms. The van der Waals surface area contributed by atoms with Crippen molar-refractivity contribution in [3.05, 3.63) is 47.6 Å². The number of hydrogen-bond donors (Lipinski definition) is 1. The molecule has 0 unspecified atom stereocenters. The van der Waals surface area contributed by atoms with Crippen LogP contribution < -0.4 is 10.5 Å². The number of nitrogens with zero attached hydrogens (tertiary/aromatic N) is 3. The molecule has 0 aliphatic heterocycles. The highest BCUT2D eigenvalue weighted by Crippen LogP contribution is 2.27. The van der Waals surface area contributed by atoms with E-state index in [1.165, 1.54) is 17.8 Å². The van der Waals surface area contributed by atoms with Crippen molar-refractivity contribution in [2.24, 2.45) is 5.73 Å². The van der Waals surface area contributed by atoms with Gasteiger partial charge in [0.25, 0.3) is 0 Å². The molecular formula is C17H17FN4O2S2. The molecule has 6 nitrogen and oxygen atoms in total. The molecule has 0 atom stereocenters. The first-order chi connectivity index (χ1) is 12.6. The van der Waals surface area contributed by atoms with Gasteiger partial charge in [0.15, 0.2) is 22.5 Å². The molecule has 9 heteroatoms. The van der Waals surface area contributed by atoms with Crippen LogP contribution in [0.2, 0.25) is 0 Å². The van der Waals surface area contributed by atoms with Crippen molar-refractivity contribution in [2.45, 2.75) is 18.1 Å². The van der Waals surface area contributed by atoms with Gasteiger partial charge in [-0.2, -0.15) is 0 Å². The number of para-hydroxylation sites is 1. The lowest BCUT2D eigenvalue weighted by molar-refractivity contribution is -0.118. The summed E-state index contributed by atoms with van der Waals surface area (Å²) in [7, 11) is 0. The van der Waals surface area contributed by atoms with E-state index in [9.17, 15) is 9.18 Å². The summed E-state index contributed by atoms with van der Waals surface area (Å²) in [6, 6.07) is 10.2. The van der Waals surface area contributed by atoms with Crippen molar-refractivity contribution in [3.63, 3.8) is 0 Å². The Morgan fingerprint density at radius 1 is 1.27 bits per heavy atom. The van der Waals surface area contributed by atoms with Crippen molar-refractivity contribution in [2.75, 3.05) is 12.4 Å². The summed E-state index contributed by atoms with van der Waals surface area (Å²) in [4.78, 5) is 12.1. The molecule has 0 saturated heterocycles. The largest absolute Gasteiger partial charge is 0.490 e. The standard InChI is InChI=1S/C17H17FN4O2S2/c18-12-4-1-2-5-13(12)24-9-11-26-17-21-20-16(14-6-3-10-25-14)22(17)8-7-15(19)23/h1-6,10H,7-9,11H2,(H2,19,23). The number of carbonyl (C=O) groups excluding carboxylic acids is 1. The molecule has 0 bridgehead atoms. The van der Waals surface area contributed by atoms with Crippen LogP contribution in [-0.2, 0) is 11.3 Å². The topological polar surface area (TPSA) is 83.0 Å². The van der Waals surface area contributed by atoms with E-state index in [1.807, 2.05) is 22.1 Å². The first-order valence-electron chi connectivity index (χ1n) is 7.90. The molecular weight excluding hydrogens is 375 g/mol. The zero-order chi connectivity index (χ0) is 18.4. The van der Waals surface area contributed by atoms with Crippen LogP contribution in [-0.4, -0.2) is 33.0 Å². The summed E-state index contributed by atoms with van der Waals surface area (Å²) in [5, 5.41) is 11.1. The van der Waals surface area contributed by atoms with Crippen LogP contribution in [0.1, 0.15) is 6.42 Å². The molecule has 0 radical (unpaired) electrons. The van der Waals surface area contributed by atoms with E-state index in [0.29, 0.717) is 29.9 Å². The second kappa shape index (κ2) is 8.81. The minimum absolute atomic E-state index is 0.204. The van der Waals surface area contributed by atoms with Gasteiger partial charge in [0.1, 0.15) is 0 Å². The maximum Gasteiger partial charge on any atom is 0.219 e. The average Bonchev–Trinajstić information content (AvgIpc) is 3.27. The highest BCUT2D eigenvalue weighted by atomic mass is 32.2. The SMILES string of the molecule is NC(=O)CCn1c(SCCOc2ccccc2F)nnc1-c1cccs1. The molecule has 3 rings (SSSR count).